The zero-order valence-corrected chi connectivity index (χ0v) is 14.6. The van der Waals surface area contributed by atoms with Crippen molar-refractivity contribution in [2.24, 2.45) is 0 Å². The van der Waals surface area contributed by atoms with Crippen LogP contribution < -0.4 is 0 Å². The van der Waals surface area contributed by atoms with Crippen LogP contribution in [0, 0.1) is 6.92 Å². The number of halogens is 1. The summed E-state index contributed by atoms with van der Waals surface area (Å²) in [6.07, 6.45) is 0.417. The van der Waals surface area contributed by atoms with Crippen molar-refractivity contribution in [1.29, 1.82) is 0 Å². The van der Waals surface area contributed by atoms with Crippen molar-refractivity contribution in [3.63, 3.8) is 0 Å². The van der Waals surface area contributed by atoms with Gasteiger partial charge in [0.25, 0.3) is 0 Å². The molecule has 1 N–H and O–H groups in total. The zero-order valence-electron chi connectivity index (χ0n) is 13.8. The van der Waals surface area contributed by atoms with Crippen LogP contribution in [0.5, 0.6) is 0 Å². The third kappa shape index (κ3) is 3.09. The molecule has 2 heterocycles. The Morgan fingerprint density at radius 1 is 1.12 bits per heavy atom. The lowest BCUT2D eigenvalue weighted by atomic mass is 10.1. The number of hydrogen-bond acceptors (Lipinski definition) is 4. The van der Waals surface area contributed by atoms with E-state index in [0.717, 1.165) is 22.2 Å². The molecular weight excluding hydrogens is 354 g/mol. The summed E-state index contributed by atoms with van der Waals surface area (Å²) in [7, 11) is 0. The first-order valence-electron chi connectivity index (χ1n) is 7.97. The van der Waals surface area contributed by atoms with Gasteiger partial charge < -0.3 is 13.9 Å². The molecule has 0 bridgehead atoms. The summed E-state index contributed by atoms with van der Waals surface area (Å²) in [4.78, 5) is 15.6. The summed E-state index contributed by atoms with van der Waals surface area (Å²) in [6, 6.07) is 14.3. The number of aromatic nitrogens is 1. The van der Waals surface area contributed by atoms with Crippen LogP contribution in [0.1, 0.15) is 27.4 Å². The SMILES string of the molecule is Cc1cc(Cc2ccc(C(=O)O)o2)c2oc(-c3ccc(Cl)cc3)nc2c1. The molecule has 26 heavy (non-hydrogen) atoms. The van der Waals surface area contributed by atoms with E-state index in [1.165, 1.54) is 6.07 Å². The largest absolute Gasteiger partial charge is 0.475 e. The van der Waals surface area contributed by atoms with Crippen LogP contribution in [0.2, 0.25) is 5.02 Å². The van der Waals surface area contributed by atoms with Gasteiger partial charge in [0.15, 0.2) is 5.58 Å². The van der Waals surface area contributed by atoms with Gasteiger partial charge in [-0.3, -0.25) is 0 Å². The summed E-state index contributed by atoms with van der Waals surface area (Å²) in [5.41, 5.74) is 4.16. The molecule has 4 rings (SSSR count). The number of rotatable bonds is 4. The predicted molar refractivity (Wildman–Crippen MR) is 97.7 cm³/mol. The number of carboxylic acid groups (broad SMARTS) is 1. The van der Waals surface area contributed by atoms with E-state index in [-0.39, 0.29) is 5.76 Å². The quantitative estimate of drug-likeness (QED) is 0.527. The van der Waals surface area contributed by atoms with Crippen LogP contribution in [0.3, 0.4) is 0 Å². The Balaban J connectivity index is 1.76. The minimum Gasteiger partial charge on any atom is -0.475 e. The summed E-state index contributed by atoms with van der Waals surface area (Å²) in [5.74, 6) is -0.105. The summed E-state index contributed by atoms with van der Waals surface area (Å²) >= 11 is 5.94. The second-order valence-electron chi connectivity index (χ2n) is 6.05. The van der Waals surface area contributed by atoms with E-state index < -0.39 is 5.97 Å². The first kappa shape index (κ1) is 16.4. The number of aryl methyl sites for hydroxylation is 1. The molecule has 2 aromatic heterocycles. The molecule has 6 heteroatoms. The van der Waals surface area contributed by atoms with Crippen molar-refractivity contribution in [3.05, 3.63) is 76.2 Å². The van der Waals surface area contributed by atoms with Gasteiger partial charge in [-0.1, -0.05) is 17.7 Å². The molecule has 0 fully saturated rings. The molecule has 0 radical (unpaired) electrons. The number of benzene rings is 2. The lowest BCUT2D eigenvalue weighted by Crippen LogP contribution is -1.92. The summed E-state index contributed by atoms with van der Waals surface area (Å²) in [6.45, 7) is 1.98. The van der Waals surface area contributed by atoms with E-state index in [2.05, 4.69) is 4.98 Å². The topological polar surface area (TPSA) is 76.5 Å². The second kappa shape index (κ2) is 6.35. The normalized spacial score (nSPS) is 11.2. The first-order chi connectivity index (χ1) is 12.5. The fourth-order valence-electron chi connectivity index (χ4n) is 2.88. The van der Waals surface area contributed by atoms with E-state index in [0.29, 0.717) is 28.7 Å². The number of oxazole rings is 1. The third-order valence-electron chi connectivity index (χ3n) is 4.04. The second-order valence-corrected chi connectivity index (χ2v) is 6.48. The van der Waals surface area contributed by atoms with Gasteiger partial charge in [-0.05, 0) is 55.0 Å². The highest BCUT2D eigenvalue weighted by Crippen LogP contribution is 2.30. The monoisotopic (exact) mass is 367 g/mol. The van der Waals surface area contributed by atoms with Crippen molar-refractivity contribution in [2.75, 3.05) is 0 Å². The van der Waals surface area contributed by atoms with Gasteiger partial charge in [0.2, 0.25) is 11.7 Å². The number of fused-ring (bicyclic) bond motifs is 1. The predicted octanol–water partition coefficient (Wildman–Crippen LogP) is 5.34. The maximum absolute atomic E-state index is 11.0. The highest BCUT2D eigenvalue weighted by atomic mass is 35.5. The molecule has 0 unspecified atom stereocenters. The molecule has 0 amide bonds. The average Bonchev–Trinajstić information content (AvgIpc) is 3.22. The number of carboxylic acids is 1. The number of hydrogen-bond donors (Lipinski definition) is 1. The van der Waals surface area contributed by atoms with Gasteiger partial charge in [0, 0.05) is 22.6 Å². The average molecular weight is 368 g/mol. The summed E-state index contributed by atoms with van der Waals surface area (Å²) < 4.78 is 11.4. The number of furan rings is 1. The molecule has 5 nitrogen and oxygen atoms in total. The fraction of sp³-hybridized carbons (Fsp3) is 0.100. The molecule has 0 aliphatic rings. The summed E-state index contributed by atoms with van der Waals surface area (Å²) in [5, 5.41) is 9.64. The van der Waals surface area contributed by atoms with Crippen molar-refractivity contribution >= 4 is 28.7 Å². The Labute approximate surface area is 153 Å². The Morgan fingerprint density at radius 2 is 1.88 bits per heavy atom. The maximum atomic E-state index is 11.0. The smallest absolute Gasteiger partial charge is 0.371 e. The zero-order chi connectivity index (χ0) is 18.3. The fourth-order valence-corrected chi connectivity index (χ4v) is 3.01. The van der Waals surface area contributed by atoms with Crippen molar-refractivity contribution in [3.8, 4) is 11.5 Å². The number of aromatic carboxylic acids is 1. The van der Waals surface area contributed by atoms with Crippen LogP contribution in [0.15, 0.2) is 57.4 Å². The van der Waals surface area contributed by atoms with Crippen molar-refractivity contribution in [1.82, 2.24) is 4.98 Å². The Bertz CT molecular complexity index is 1110. The maximum Gasteiger partial charge on any atom is 0.371 e. The van der Waals surface area contributed by atoms with E-state index in [4.69, 9.17) is 25.5 Å². The Hall–Kier alpha value is -3.05. The van der Waals surface area contributed by atoms with E-state index in [9.17, 15) is 4.79 Å². The molecule has 2 aromatic carbocycles. The lowest BCUT2D eigenvalue weighted by molar-refractivity contribution is 0.0660. The van der Waals surface area contributed by atoms with Gasteiger partial charge in [-0.2, -0.15) is 0 Å². The highest BCUT2D eigenvalue weighted by molar-refractivity contribution is 6.30. The van der Waals surface area contributed by atoms with Crippen LogP contribution in [0.4, 0.5) is 0 Å². The lowest BCUT2D eigenvalue weighted by Gasteiger charge is -2.01. The minimum atomic E-state index is -1.09. The molecular formula is C20H14ClNO4. The van der Waals surface area contributed by atoms with Crippen LogP contribution in [0.25, 0.3) is 22.6 Å². The Morgan fingerprint density at radius 3 is 2.58 bits per heavy atom. The number of carbonyl (C=O) groups is 1. The van der Waals surface area contributed by atoms with Crippen molar-refractivity contribution < 1.29 is 18.7 Å². The molecule has 0 aliphatic carbocycles. The molecule has 0 spiro atoms. The van der Waals surface area contributed by atoms with Gasteiger partial charge in [-0.15, -0.1) is 0 Å². The standard InChI is InChI=1S/C20H14ClNO4/c1-11-8-13(10-15-6-7-17(25-15)20(23)24)18-16(9-11)22-19(26-18)12-2-4-14(21)5-3-12/h2-9H,10H2,1H3,(H,23,24). The van der Waals surface area contributed by atoms with E-state index >= 15 is 0 Å². The van der Waals surface area contributed by atoms with Crippen LogP contribution in [-0.2, 0) is 6.42 Å². The minimum absolute atomic E-state index is 0.0803. The van der Waals surface area contributed by atoms with E-state index in [1.807, 2.05) is 31.2 Å². The molecule has 0 aliphatic heterocycles. The van der Waals surface area contributed by atoms with Crippen molar-refractivity contribution in [2.45, 2.75) is 13.3 Å². The van der Waals surface area contributed by atoms with Gasteiger partial charge >= 0.3 is 5.97 Å². The van der Waals surface area contributed by atoms with Crippen LogP contribution in [-0.4, -0.2) is 16.1 Å². The molecule has 4 aromatic rings. The number of nitrogens with zero attached hydrogens (tertiary/aromatic N) is 1. The molecule has 0 saturated carbocycles. The van der Waals surface area contributed by atoms with Crippen LogP contribution >= 0.6 is 11.6 Å². The molecule has 130 valence electrons. The van der Waals surface area contributed by atoms with Gasteiger partial charge in [0.1, 0.15) is 11.3 Å². The molecule has 0 saturated heterocycles. The highest BCUT2D eigenvalue weighted by Gasteiger charge is 2.15. The van der Waals surface area contributed by atoms with Gasteiger partial charge in [0.05, 0.1) is 0 Å². The Kier molecular flexibility index (Phi) is 4.01. The van der Waals surface area contributed by atoms with E-state index in [1.54, 1.807) is 18.2 Å². The molecule has 0 atom stereocenters. The van der Waals surface area contributed by atoms with Gasteiger partial charge in [-0.25, -0.2) is 9.78 Å². The third-order valence-corrected chi connectivity index (χ3v) is 4.29. The first-order valence-corrected chi connectivity index (χ1v) is 8.35.